The summed E-state index contributed by atoms with van der Waals surface area (Å²) in [7, 11) is 0. The summed E-state index contributed by atoms with van der Waals surface area (Å²) in [4.78, 5) is 26.4. The summed E-state index contributed by atoms with van der Waals surface area (Å²) in [6.45, 7) is 6.75. The van der Waals surface area contributed by atoms with Crippen molar-refractivity contribution >= 4 is 11.8 Å². The first-order valence-electron chi connectivity index (χ1n) is 14.2. The third-order valence-electron chi connectivity index (χ3n) is 7.28. The number of nitrogens with one attached hydrogen (secondary N) is 1. The van der Waals surface area contributed by atoms with E-state index in [1.807, 2.05) is 13.8 Å². The maximum Gasteiger partial charge on any atom is 0.222 e. The number of rotatable bonds is 17. The number of carbonyl (C=O) groups is 2. The average molecular weight is 547 g/mol. The van der Waals surface area contributed by atoms with Crippen molar-refractivity contribution in [3.63, 3.8) is 0 Å². The van der Waals surface area contributed by atoms with Gasteiger partial charge >= 0.3 is 0 Å². The van der Waals surface area contributed by atoms with E-state index in [1.165, 1.54) is 0 Å². The van der Waals surface area contributed by atoms with Gasteiger partial charge in [-0.15, -0.1) is 0 Å². The molecule has 0 aromatic rings. The van der Waals surface area contributed by atoms with Crippen molar-refractivity contribution in [3.05, 3.63) is 0 Å². The monoisotopic (exact) mass is 546 g/mol. The zero-order valence-electron chi connectivity index (χ0n) is 23.3. The van der Waals surface area contributed by atoms with Crippen LogP contribution in [0.15, 0.2) is 0 Å². The number of carbonyl (C=O) groups excluding carboxylic acids is 2. The summed E-state index contributed by atoms with van der Waals surface area (Å²) < 4.78 is 17.0. The molecule has 38 heavy (non-hydrogen) atoms. The van der Waals surface area contributed by atoms with Crippen LogP contribution in [-0.2, 0) is 23.8 Å². The highest BCUT2D eigenvalue weighted by atomic mass is 16.7. The first-order chi connectivity index (χ1) is 18.2. The van der Waals surface area contributed by atoms with Gasteiger partial charge in [-0.1, -0.05) is 19.8 Å². The number of ether oxygens (including phenoxy) is 3. The maximum absolute atomic E-state index is 12.6. The highest BCUT2D eigenvalue weighted by Crippen LogP contribution is 2.27. The van der Waals surface area contributed by atoms with E-state index in [2.05, 4.69) is 5.32 Å². The van der Waals surface area contributed by atoms with Gasteiger partial charge in [0.25, 0.3) is 0 Å². The standard InChI is InChI=1S/C27H50N2O9/c1-18(2)37-21-14-20(16-30)29(15-21)24(33)11-7-4-8-12-28-23(32)10-6-5-9-13-36-27-19(3)25(34)26(35)22(17-31)38-27/h18-22,25-27,30-31,34-35H,4-17H2,1-3H3,(H,28,32)/t19?,20-,21+,22?,25+,26-,27+/m0/s1. The van der Waals surface area contributed by atoms with Gasteiger partial charge in [-0.05, 0) is 46.0 Å². The lowest BCUT2D eigenvalue weighted by Gasteiger charge is -2.40. The number of aliphatic hydroxyl groups is 4. The lowest BCUT2D eigenvalue weighted by molar-refractivity contribution is -0.282. The summed E-state index contributed by atoms with van der Waals surface area (Å²) in [6.07, 6.45) is 2.59. The van der Waals surface area contributed by atoms with Crippen molar-refractivity contribution in [1.29, 1.82) is 0 Å². The number of hydrogen-bond donors (Lipinski definition) is 5. The third-order valence-corrected chi connectivity index (χ3v) is 7.28. The van der Waals surface area contributed by atoms with Crippen molar-refractivity contribution in [1.82, 2.24) is 10.2 Å². The second kappa shape index (κ2) is 17.4. The molecule has 0 aliphatic carbocycles. The van der Waals surface area contributed by atoms with Gasteiger partial charge in [0.15, 0.2) is 6.29 Å². The fourth-order valence-corrected chi connectivity index (χ4v) is 5.05. The molecular weight excluding hydrogens is 496 g/mol. The predicted octanol–water partition coefficient (Wildman–Crippen LogP) is 0.702. The average Bonchev–Trinajstić information content (AvgIpc) is 3.30. The minimum absolute atomic E-state index is 0.00757. The summed E-state index contributed by atoms with van der Waals surface area (Å²) >= 11 is 0. The first kappa shape index (κ1) is 32.9. The van der Waals surface area contributed by atoms with E-state index in [0.29, 0.717) is 39.0 Å². The van der Waals surface area contributed by atoms with Crippen LogP contribution < -0.4 is 5.32 Å². The van der Waals surface area contributed by atoms with E-state index >= 15 is 0 Å². The SMILES string of the molecule is CC(C)O[C@@H]1C[C@@H](CO)N(C(=O)CCCCCNC(=O)CCCCCO[C@@H]2OC(CO)[C@H](O)[C@H](O)C2C)C1. The summed E-state index contributed by atoms with van der Waals surface area (Å²) in [5.41, 5.74) is 0. The molecule has 0 radical (unpaired) electrons. The summed E-state index contributed by atoms with van der Waals surface area (Å²) in [5.74, 6) is -0.349. The second-order valence-electron chi connectivity index (χ2n) is 10.8. The molecule has 2 aliphatic heterocycles. The van der Waals surface area contributed by atoms with Gasteiger partial charge in [-0.2, -0.15) is 0 Å². The molecule has 0 aromatic carbocycles. The molecule has 2 rings (SSSR count). The zero-order valence-corrected chi connectivity index (χ0v) is 23.3. The van der Waals surface area contributed by atoms with Gasteiger partial charge in [-0.3, -0.25) is 9.59 Å². The Kier molecular flexibility index (Phi) is 15.0. The molecule has 2 heterocycles. The summed E-state index contributed by atoms with van der Waals surface area (Å²) in [6, 6.07) is -0.165. The molecule has 222 valence electrons. The van der Waals surface area contributed by atoms with Crippen molar-refractivity contribution in [3.8, 4) is 0 Å². The van der Waals surface area contributed by atoms with Gasteiger partial charge < -0.3 is 44.9 Å². The molecule has 11 heteroatoms. The molecular formula is C27H50N2O9. The Bertz CT molecular complexity index is 693. The smallest absolute Gasteiger partial charge is 0.222 e. The summed E-state index contributed by atoms with van der Waals surface area (Å²) in [5, 5.41) is 41.7. The molecule has 0 aromatic heterocycles. The number of unbranched alkanes of at least 4 members (excludes halogenated alkanes) is 4. The normalized spacial score (nSPS) is 29.7. The van der Waals surface area contributed by atoms with E-state index in [1.54, 1.807) is 11.8 Å². The van der Waals surface area contributed by atoms with Crippen molar-refractivity contribution in [2.45, 2.75) is 121 Å². The first-order valence-corrected chi connectivity index (χ1v) is 14.2. The van der Waals surface area contributed by atoms with Gasteiger partial charge in [0.2, 0.25) is 11.8 Å². The highest BCUT2D eigenvalue weighted by Gasteiger charge is 2.42. The fraction of sp³-hybridized carbons (Fsp3) is 0.926. The number of likely N-dealkylation sites (tertiary alicyclic amines) is 1. The zero-order chi connectivity index (χ0) is 28.1. The van der Waals surface area contributed by atoms with Gasteiger partial charge in [0, 0.05) is 38.5 Å². The third kappa shape index (κ3) is 10.7. The van der Waals surface area contributed by atoms with Gasteiger partial charge in [-0.25, -0.2) is 0 Å². The number of amides is 2. The van der Waals surface area contributed by atoms with Crippen LogP contribution >= 0.6 is 0 Å². The Morgan fingerprint density at radius 2 is 1.71 bits per heavy atom. The van der Waals surface area contributed by atoms with Crippen LogP contribution in [-0.4, -0.2) is 113 Å². The maximum atomic E-state index is 12.6. The lowest BCUT2D eigenvalue weighted by Crippen LogP contribution is -2.55. The van der Waals surface area contributed by atoms with Crippen LogP contribution in [0, 0.1) is 5.92 Å². The fourth-order valence-electron chi connectivity index (χ4n) is 5.05. The minimum atomic E-state index is -1.14. The van der Waals surface area contributed by atoms with E-state index < -0.39 is 37.1 Å². The van der Waals surface area contributed by atoms with Crippen molar-refractivity contribution in [2.24, 2.45) is 5.92 Å². The number of hydrogen-bond acceptors (Lipinski definition) is 9. The van der Waals surface area contributed by atoms with Crippen LogP contribution in [0.1, 0.15) is 78.6 Å². The van der Waals surface area contributed by atoms with Crippen LogP contribution in [0.3, 0.4) is 0 Å². The second-order valence-corrected chi connectivity index (χ2v) is 10.8. The largest absolute Gasteiger partial charge is 0.394 e. The topological polar surface area (TPSA) is 158 Å². The molecule has 2 unspecified atom stereocenters. The molecule has 2 fully saturated rings. The molecule has 0 saturated carbocycles. The number of nitrogens with zero attached hydrogens (tertiary/aromatic N) is 1. The molecule has 5 N–H and O–H groups in total. The van der Waals surface area contributed by atoms with E-state index in [-0.39, 0.29) is 36.7 Å². The minimum Gasteiger partial charge on any atom is -0.394 e. The Morgan fingerprint density at radius 3 is 2.39 bits per heavy atom. The molecule has 11 nitrogen and oxygen atoms in total. The highest BCUT2D eigenvalue weighted by molar-refractivity contribution is 5.77. The van der Waals surface area contributed by atoms with Crippen LogP contribution in [0.4, 0.5) is 0 Å². The lowest BCUT2D eigenvalue weighted by atomic mass is 9.92. The van der Waals surface area contributed by atoms with Gasteiger partial charge in [0.1, 0.15) is 12.2 Å². The van der Waals surface area contributed by atoms with Crippen LogP contribution in [0.2, 0.25) is 0 Å². The van der Waals surface area contributed by atoms with Crippen LogP contribution in [0.25, 0.3) is 0 Å². The van der Waals surface area contributed by atoms with E-state index in [9.17, 15) is 30.0 Å². The van der Waals surface area contributed by atoms with E-state index in [4.69, 9.17) is 14.2 Å². The van der Waals surface area contributed by atoms with Crippen molar-refractivity contribution in [2.75, 3.05) is 32.9 Å². The molecule has 7 atom stereocenters. The Balaban J connectivity index is 1.47. The molecule has 2 aliphatic rings. The Labute approximate surface area is 226 Å². The molecule has 0 bridgehead atoms. The predicted molar refractivity (Wildman–Crippen MR) is 140 cm³/mol. The van der Waals surface area contributed by atoms with Crippen LogP contribution in [0.5, 0.6) is 0 Å². The Hall–Kier alpha value is -1.34. The molecule has 0 spiro atoms. The molecule has 2 saturated heterocycles. The molecule has 2 amide bonds. The Morgan fingerprint density at radius 1 is 1.00 bits per heavy atom. The van der Waals surface area contributed by atoms with Crippen molar-refractivity contribution < 1.29 is 44.2 Å². The quantitative estimate of drug-likeness (QED) is 0.166. The van der Waals surface area contributed by atoms with Gasteiger partial charge in [0.05, 0.1) is 37.6 Å². The number of aliphatic hydroxyl groups excluding tert-OH is 4. The van der Waals surface area contributed by atoms with E-state index in [0.717, 1.165) is 38.5 Å².